The summed E-state index contributed by atoms with van der Waals surface area (Å²) >= 11 is 0. The Balaban J connectivity index is 2.70. The maximum Gasteiger partial charge on any atom is 0.0609 e. The maximum atomic E-state index is 9.59. The van der Waals surface area contributed by atoms with E-state index in [1.54, 1.807) is 0 Å². The fourth-order valence-electron chi connectivity index (χ4n) is 3.24. The van der Waals surface area contributed by atoms with E-state index in [-0.39, 0.29) is 12.1 Å². The summed E-state index contributed by atoms with van der Waals surface area (Å²) in [6.45, 7) is 10.1. The molecule has 0 spiro atoms. The van der Waals surface area contributed by atoms with Gasteiger partial charge in [-0.15, -0.1) is 0 Å². The van der Waals surface area contributed by atoms with Crippen LogP contribution in [0.2, 0.25) is 0 Å². The average Bonchev–Trinajstić information content (AvgIpc) is 2.65. The lowest BCUT2D eigenvalue weighted by molar-refractivity contribution is 0.0343. The van der Waals surface area contributed by atoms with Crippen molar-refractivity contribution in [2.75, 3.05) is 33.3 Å². The van der Waals surface area contributed by atoms with E-state index >= 15 is 0 Å². The molecule has 2 N–H and O–H groups in total. The van der Waals surface area contributed by atoms with Gasteiger partial charge in [-0.3, -0.25) is 4.90 Å². The summed E-state index contributed by atoms with van der Waals surface area (Å²) in [6, 6.07) is 0. The van der Waals surface area contributed by atoms with Crippen molar-refractivity contribution >= 4 is 0 Å². The molecule has 20 heavy (non-hydrogen) atoms. The largest absolute Gasteiger partial charge is 0.394 e. The molecule has 0 atom stereocenters. The molecule has 3 nitrogen and oxygen atoms in total. The Labute approximate surface area is 126 Å². The topological polar surface area (TPSA) is 35.5 Å². The molecule has 0 bridgehead atoms. The normalized spacial score (nSPS) is 20.1. The maximum absolute atomic E-state index is 9.59. The van der Waals surface area contributed by atoms with Gasteiger partial charge >= 0.3 is 0 Å². The molecule has 0 saturated heterocycles. The van der Waals surface area contributed by atoms with E-state index in [9.17, 15) is 5.11 Å². The van der Waals surface area contributed by atoms with E-state index in [1.165, 1.54) is 44.9 Å². The predicted octanol–water partition coefficient (Wildman–Crippen LogP) is 3.03. The quantitative estimate of drug-likeness (QED) is 0.531. The first-order valence-corrected chi connectivity index (χ1v) is 8.49. The Hall–Kier alpha value is -0.120. The summed E-state index contributed by atoms with van der Waals surface area (Å²) in [5.41, 5.74) is 0.275. The summed E-state index contributed by atoms with van der Waals surface area (Å²) in [4.78, 5) is 2.37. The Bertz CT molecular complexity index is 258. The predicted molar refractivity (Wildman–Crippen MR) is 87.1 cm³/mol. The van der Waals surface area contributed by atoms with Gasteiger partial charge in [-0.1, -0.05) is 32.6 Å². The van der Waals surface area contributed by atoms with E-state index in [1.807, 2.05) is 0 Å². The summed E-state index contributed by atoms with van der Waals surface area (Å²) in [5.74, 6) is 0. The van der Waals surface area contributed by atoms with Crippen molar-refractivity contribution in [3.8, 4) is 0 Å². The molecular formula is C17H36N2O. The van der Waals surface area contributed by atoms with Crippen LogP contribution >= 0.6 is 0 Å². The van der Waals surface area contributed by atoms with E-state index in [0.29, 0.717) is 5.41 Å². The molecule has 0 aliphatic heterocycles. The van der Waals surface area contributed by atoms with Crippen LogP contribution in [0.3, 0.4) is 0 Å². The molecule has 0 radical (unpaired) electrons. The van der Waals surface area contributed by atoms with Gasteiger partial charge in [0.05, 0.1) is 6.61 Å². The van der Waals surface area contributed by atoms with Crippen molar-refractivity contribution in [1.29, 1.82) is 0 Å². The number of likely N-dealkylation sites (N-methyl/N-ethyl adjacent to an activating group) is 1. The fourth-order valence-corrected chi connectivity index (χ4v) is 3.24. The molecular weight excluding hydrogens is 248 g/mol. The highest BCUT2D eigenvalue weighted by Crippen LogP contribution is 2.36. The molecule has 0 heterocycles. The lowest BCUT2D eigenvalue weighted by Crippen LogP contribution is -2.51. The van der Waals surface area contributed by atoms with E-state index in [0.717, 1.165) is 19.6 Å². The van der Waals surface area contributed by atoms with Crippen molar-refractivity contribution in [2.24, 2.45) is 5.41 Å². The van der Waals surface area contributed by atoms with Gasteiger partial charge in [0.2, 0.25) is 0 Å². The second kappa shape index (κ2) is 8.35. The number of aliphatic hydroxyl groups is 1. The van der Waals surface area contributed by atoms with Gasteiger partial charge in [-0.2, -0.15) is 0 Å². The zero-order chi connectivity index (χ0) is 15.1. The van der Waals surface area contributed by atoms with E-state index < -0.39 is 0 Å². The molecule has 3 heteroatoms. The van der Waals surface area contributed by atoms with Gasteiger partial charge in [0, 0.05) is 18.6 Å². The highest BCUT2D eigenvalue weighted by atomic mass is 16.3. The van der Waals surface area contributed by atoms with Crippen LogP contribution in [0.4, 0.5) is 0 Å². The third-order valence-electron chi connectivity index (χ3n) is 5.08. The van der Waals surface area contributed by atoms with Gasteiger partial charge in [0.25, 0.3) is 0 Å². The Morgan fingerprint density at radius 2 is 1.75 bits per heavy atom. The monoisotopic (exact) mass is 284 g/mol. The smallest absolute Gasteiger partial charge is 0.0609 e. The third-order valence-corrected chi connectivity index (χ3v) is 5.08. The van der Waals surface area contributed by atoms with Gasteiger partial charge in [0.1, 0.15) is 0 Å². The lowest BCUT2D eigenvalue weighted by atomic mass is 9.78. The highest BCUT2D eigenvalue weighted by molar-refractivity contribution is 4.90. The van der Waals surface area contributed by atoms with Crippen molar-refractivity contribution in [3.05, 3.63) is 0 Å². The molecule has 1 saturated carbocycles. The second-order valence-electron chi connectivity index (χ2n) is 7.42. The molecule has 1 aliphatic rings. The van der Waals surface area contributed by atoms with Crippen LogP contribution in [0.1, 0.15) is 65.7 Å². The number of nitrogens with one attached hydrogen (secondary N) is 1. The summed E-state index contributed by atoms with van der Waals surface area (Å²) in [5, 5.41) is 13.2. The minimum atomic E-state index is -0.121. The van der Waals surface area contributed by atoms with Crippen LogP contribution < -0.4 is 5.32 Å². The molecule has 0 aromatic rings. The van der Waals surface area contributed by atoms with Crippen LogP contribution in [0.5, 0.6) is 0 Å². The van der Waals surface area contributed by atoms with Gasteiger partial charge in [-0.05, 0) is 52.1 Å². The molecule has 1 fully saturated rings. The molecule has 1 aliphatic carbocycles. The first-order valence-electron chi connectivity index (χ1n) is 8.49. The fraction of sp³-hybridized carbons (Fsp3) is 1.00. The minimum absolute atomic E-state index is 0.121. The van der Waals surface area contributed by atoms with Gasteiger partial charge in [0.15, 0.2) is 0 Å². The Morgan fingerprint density at radius 1 is 1.15 bits per heavy atom. The first kappa shape index (κ1) is 17.9. The molecule has 120 valence electrons. The number of nitrogens with zero attached hydrogens (tertiary/aromatic N) is 1. The summed E-state index contributed by atoms with van der Waals surface area (Å²) < 4.78 is 0. The van der Waals surface area contributed by atoms with E-state index in [4.69, 9.17) is 0 Å². The molecule has 0 amide bonds. The molecule has 0 aromatic carbocycles. The van der Waals surface area contributed by atoms with Gasteiger partial charge < -0.3 is 10.4 Å². The van der Waals surface area contributed by atoms with Crippen LogP contribution in [0, 0.1) is 5.41 Å². The highest BCUT2D eigenvalue weighted by Gasteiger charge is 2.35. The summed E-state index contributed by atoms with van der Waals surface area (Å²) in [7, 11) is 2.17. The van der Waals surface area contributed by atoms with E-state index in [2.05, 4.69) is 38.0 Å². The number of hydrogen-bond donors (Lipinski definition) is 2. The van der Waals surface area contributed by atoms with Crippen LogP contribution in [0.25, 0.3) is 0 Å². The van der Waals surface area contributed by atoms with Crippen molar-refractivity contribution in [3.63, 3.8) is 0 Å². The minimum Gasteiger partial charge on any atom is -0.394 e. The second-order valence-corrected chi connectivity index (χ2v) is 7.42. The molecule has 0 unspecified atom stereocenters. The number of rotatable bonds is 8. The third kappa shape index (κ3) is 5.34. The summed E-state index contributed by atoms with van der Waals surface area (Å²) in [6.07, 6.45) is 9.37. The average molecular weight is 284 g/mol. The van der Waals surface area contributed by atoms with Crippen LogP contribution in [-0.2, 0) is 0 Å². The number of aliphatic hydroxyl groups excluding tert-OH is 1. The Morgan fingerprint density at radius 3 is 2.25 bits per heavy atom. The van der Waals surface area contributed by atoms with Gasteiger partial charge in [-0.25, -0.2) is 0 Å². The van der Waals surface area contributed by atoms with Crippen molar-refractivity contribution < 1.29 is 5.11 Å². The SMILES string of the molecule is CCCNCC1(CN(C)C(C)(C)CO)CCCCCC1. The lowest BCUT2D eigenvalue weighted by Gasteiger charge is -2.43. The van der Waals surface area contributed by atoms with Crippen LogP contribution in [-0.4, -0.2) is 48.8 Å². The first-order chi connectivity index (χ1) is 9.46. The van der Waals surface area contributed by atoms with Crippen molar-refractivity contribution in [2.45, 2.75) is 71.3 Å². The molecule has 1 rings (SSSR count). The standard InChI is InChI=1S/C17H36N2O/c1-5-12-18-13-17(10-8-6-7-9-11-17)14-19(4)16(2,3)15-20/h18,20H,5-15H2,1-4H3. The Kier molecular flexibility index (Phi) is 7.49. The zero-order valence-electron chi connectivity index (χ0n) is 14.2. The molecule has 0 aromatic heterocycles. The zero-order valence-corrected chi connectivity index (χ0v) is 14.2. The van der Waals surface area contributed by atoms with Crippen LogP contribution in [0.15, 0.2) is 0 Å². The number of hydrogen-bond acceptors (Lipinski definition) is 3. The van der Waals surface area contributed by atoms with Crippen molar-refractivity contribution in [1.82, 2.24) is 10.2 Å².